The second-order valence-electron chi connectivity index (χ2n) is 5.93. The molecule has 0 saturated heterocycles. The van der Waals surface area contributed by atoms with Gasteiger partial charge in [0, 0.05) is 5.69 Å². The highest BCUT2D eigenvalue weighted by atomic mass is 16.5. The molecule has 3 N–H and O–H groups in total. The lowest BCUT2D eigenvalue weighted by Crippen LogP contribution is -2.30. The number of amides is 1. The molecule has 1 amide bonds. The van der Waals surface area contributed by atoms with Crippen molar-refractivity contribution in [2.75, 3.05) is 5.32 Å². The standard InChI is InChI=1S/C19H19NO6/c1-10-4-5-11(2)16(6-10)26-12(3)17(21)20-15-8-13(18(22)23)7-14(9-15)19(24)25/h4-9,12H,1-3H3,(H,20,21)(H,22,23)(H,24,25). The lowest BCUT2D eigenvalue weighted by Gasteiger charge is -2.17. The number of hydrogen-bond donors (Lipinski definition) is 3. The van der Waals surface area contributed by atoms with E-state index in [-0.39, 0.29) is 16.8 Å². The summed E-state index contributed by atoms with van der Waals surface area (Å²) in [6.45, 7) is 5.31. The van der Waals surface area contributed by atoms with Gasteiger partial charge in [0.25, 0.3) is 5.91 Å². The van der Waals surface area contributed by atoms with Crippen LogP contribution in [-0.2, 0) is 4.79 Å². The molecule has 0 heterocycles. The van der Waals surface area contributed by atoms with Gasteiger partial charge >= 0.3 is 11.9 Å². The summed E-state index contributed by atoms with van der Waals surface area (Å²) >= 11 is 0. The third-order valence-electron chi connectivity index (χ3n) is 3.71. The lowest BCUT2D eigenvalue weighted by molar-refractivity contribution is -0.122. The third kappa shape index (κ3) is 4.60. The quantitative estimate of drug-likeness (QED) is 0.732. The van der Waals surface area contributed by atoms with Gasteiger partial charge in [-0.05, 0) is 56.2 Å². The van der Waals surface area contributed by atoms with Crippen molar-refractivity contribution in [3.05, 3.63) is 58.7 Å². The number of carbonyl (C=O) groups is 3. The molecule has 0 spiro atoms. The molecule has 7 nitrogen and oxygen atoms in total. The predicted molar refractivity (Wildman–Crippen MR) is 95.0 cm³/mol. The molecular formula is C19H19NO6. The van der Waals surface area contributed by atoms with E-state index in [0.29, 0.717) is 5.75 Å². The summed E-state index contributed by atoms with van der Waals surface area (Å²) < 4.78 is 5.67. The molecular weight excluding hydrogens is 338 g/mol. The van der Waals surface area contributed by atoms with E-state index in [1.807, 2.05) is 32.0 Å². The van der Waals surface area contributed by atoms with Crippen LogP contribution in [0, 0.1) is 13.8 Å². The van der Waals surface area contributed by atoms with Crippen molar-refractivity contribution in [3.63, 3.8) is 0 Å². The van der Waals surface area contributed by atoms with Gasteiger partial charge in [-0.25, -0.2) is 9.59 Å². The van der Waals surface area contributed by atoms with Crippen molar-refractivity contribution in [1.29, 1.82) is 0 Å². The summed E-state index contributed by atoms with van der Waals surface area (Å²) in [7, 11) is 0. The maximum Gasteiger partial charge on any atom is 0.335 e. The summed E-state index contributed by atoms with van der Waals surface area (Å²) in [5.74, 6) is -2.53. The Balaban J connectivity index is 2.19. The van der Waals surface area contributed by atoms with Gasteiger partial charge in [0.1, 0.15) is 5.75 Å². The Kier molecular flexibility index (Phi) is 5.61. The van der Waals surface area contributed by atoms with Crippen molar-refractivity contribution in [1.82, 2.24) is 0 Å². The van der Waals surface area contributed by atoms with Crippen LogP contribution in [0.15, 0.2) is 36.4 Å². The van der Waals surface area contributed by atoms with Crippen LogP contribution in [0.25, 0.3) is 0 Å². The Morgan fingerprint density at radius 2 is 1.54 bits per heavy atom. The van der Waals surface area contributed by atoms with Crippen LogP contribution >= 0.6 is 0 Å². The summed E-state index contributed by atoms with van der Waals surface area (Å²) in [6, 6.07) is 9.03. The topological polar surface area (TPSA) is 113 Å². The zero-order chi connectivity index (χ0) is 19.4. The molecule has 2 aromatic carbocycles. The van der Waals surface area contributed by atoms with Crippen molar-refractivity contribution >= 4 is 23.5 Å². The van der Waals surface area contributed by atoms with E-state index < -0.39 is 23.9 Å². The zero-order valence-corrected chi connectivity index (χ0v) is 14.6. The number of benzene rings is 2. The molecule has 26 heavy (non-hydrogen) atoms. The summed E-state index contributed by atoms with van der Waals surface area (Å²) in [5, 5.41) is 20.7. The first-order valence-electron chi connectivity index (χ1n) is 7.84. The number of carbonyl (C=O) groups excluding carboxylic acids is 1. The number of hydrogen-bond acceptors (Lipinski definition) is 4. The molecule has 7 heteroatoms. The average molecular weight is 357 g/mol. The van der Waals surface area contributed by atoms with Crippen molar-refractivity contribution < 1.29 is 29.3 Å². The van der Waals surface area contributed by atoms with Gasteiger partial charge in [-0.2, -0.15) is 0 Å². The Hall–Kier alpha value is -3.35. The molecule has 2 aromatic rings. The number of ether oxygens (including phenoxy) is 1. The largest absolute Gasteiger partial charge is 0.481 e. The van der Waals surface area contributed by atoms with Crippen LogP contribution in [0.1, 0.15) is 38.8 Å². The van der Waals surface area contributed by atoms with E-state index in [4.69, 9.17) is 14.9 Å². The van der Waals surface area contributed by atoms with Crippen LogP contribution in [0.4, 0.5) is 5.69 Å². The Labute approximate surface area is 150 Å². The van der Waals surface area contributed by atoms with Crippen LogP contribution < -0.4 is 10.1 Å². The highest BCUT2D eigenvalue weighted by molar-refractivity contribution is 5.99. The molecule has 0 saturated carbocycles. The fourth-order valence-corrected chi connectivity index (χ4v) is 2.27. The maximum atomic E-state index is 12.3. The molecule has 2 rings (SSSR count). The van der Waals surface area contributed by atoms with Crippen molar-refractivity contribution in [2.24, 2.45) is 0 Å². The average Bonchev–Trinajstić information content (AvgIpc) is 2.57. The van der Waals surface area contributed by atoms with Crippen LogP contribution in [-0.4, -0.2) is 34.2 Å². The number of carboxylic acids is 2. The zero-order valence-electron chi connectivity index (χ0n) is 14.6. The molecule has 0 aliphatic heterocycles. The summed E-state index contributed by atoms with van der Waals surface area (Å²) in [6.07, 6.45) is -0.864. The second-order valence-corrected chi connectivity index (χ2v) is 5.93. The Morgan fingerprint density at radius 3 is 2.08 bits per heavy atom. The van der Waals surface area contributed by atoms with E-state index in [9.17, 15) is 14.4 Å². The number of nitrogens with one attached hydrogen (secondary N) is 1. The van der Waals surface area contributed by atoms with Crippen LogP contribution in [0.5, 0.6) is 5.75 Å². The summed E-state index contributed by atoms with van der Waals surface area (Å²) in [4.78, 5) is 34.6. The number of carboxylic acid groups (broad SMARTS) is 2. The maximum absolute atomic E-state index is 12.3. The van der Waals surface area contributed by atoms with Crippen LogP contribution in [0.3, 0.4) is 0 Å². The molecule has 0 radical (unpaired) electrons. The molecule has 0 aromatic heterocycles. The minimum atomic E-state index is -1.29. The van der Waals surface area contributed by atoms with E-state index >= 15 is 0 Å². The van der Waals surface area contributed by atoms with E-state index in [1.165, 1.54) is 12.1 Å². The van der Waals surface area contributed by atoms with E-state index in [1.54, 1.807) is 6.92 Å². The molecule has 0 bridgehead atoms. The molecule has 0 aliphatic rings. The van der Waals surface area contributed by atoms with E-state index in [0.717, 1.165) is 17.2 Å². The van der Waals surface area contributed by atoms with Gasteiger partial charge in [0.2, 0.25) is 0 Å². The van der Waals surface area contributed by atoms with Gasteiger partial charge in [0.05, 0.1) is 11.1 Å². The first-order valence-corrected chi connectivity index (χ1v) is 7.84. The van der Waals surface area contributed by atoms with Crippen LogP contribution in [0.2, 0.25) is 0 Å². The van der Waals surface area contributed by atoms with E-state index in [2.05, 4.69) is 5.32 Å². The Morgan fingerprint density at radius 1 is 0.962 bits per heavy atom. The SMILES string of the molecule is Cc1ccc(C)c(OC(C)C(=O)Nc2cc(C(=O)O)cc(C(=O)O)c2)c1. The lowest BCUT2D eigenvalue weighted by atomic mass is 10.1. The number of anilines is 1. The van der Waals surface area contributed by atoms with Crippen molar-refractivity contribution in [2.45, 2.75) is 26.9 Å². The minimum absolute atomic E-state index is 0.0729. The smallest absolute Gasteiger partial charge is 0.335 e. The second kappa shape index (κ2) is 7.69. The summed E-state index contributed by atoms with van der Waals surface area (Å²) in [5.41, 5.74) is 1.46. The fourth-order valence-electron chi connectivity index (χ4n) is 2.27. The van der Waals surface area contributed by atoms with Crippen molar-refractivity contribution in [3.8, 4) is 5.75 Å². The fraction of sp³-hybridized carbons (Fsp3) is 0.211. The molecule has 1 unspecified atom stereocenters. The van der Waals surface area contributed by atoms with Gasteiger partial charge in [-0.15, -0.1) is 0 Å². The molecule has 136 valence electrons. The number of aromatic carboxylic acids is 2. The third-order valence-corrected chi connectivity index (χ3v) is 3.71. The highest BCUT2D eigenvalue weighted by Crippen LogP contribution is 2.21. The first kappa shape index (κ1) is 19.0. The van der Waals surface area contributed by atoms with Gasteiger partial charge in [-0.1, -0.05) is 12.1 Å². The molecule has 0 fully saturated rings. The predicted octanol–water partition coefficient (Wildman–Crippen LogP) is 3.11. The van der Waals surface area contributed by atoms with Gasteiger partial charge in [-0.3, -0.25) is 4.79 Å². The van der Waals surface area contributed by atoms with Gasteiger partial charge < -0.3 is 20.3 Å². The molecule has 0 aliphatic carbocycles. The highest BCUT2D eigenvalue weighted by Gasteiger charge is 2.18. The Bertz CT molecular complexity index is 842. The van der Waals surface area contributed by atoms with Gasteiger partial charge in [0.15, 0.2) is 6.10 Å². The first-order chi connectivity index (χ1) is 12.2. The number of rotatable bonds is 6. The normalized spacial score (nSPS) is 11.5. The number of aryl methyl sites for hydroxylation is 2. The molecule has 1 atom stereocenters. The minimum Gasteiger partial charge on any atom is -0.481 e. The monoisotopic (exact) mass is 357 g/mol.